The lowest BCUT2D eigenvalue weighted by Gasteiger charge is -2.39. The Morgan fingerprint density at radius 3 is 2.32 bits per heavy atom. The van der Waals surface area contributed by atoms with E-state index in [0.29, 0.717) is 39.1 Å². The average Bonchev–Trinajstić information content (AvgIpc) is 2.81. The van der Waals surface area contributed by atoms with Gasteiger partial charge in [-0.2, -0.15) is 5.26 Å². The van der Waals surface area contributed by atoms with Crippen molar-refractivity contribution < 1.29 is 9.59 Å². The highest BCUT2D eigenvalue weighted by atomic mass is 16.2. The van der Waals surface area contributed by atoms with Crippen LogP contribution in [0, 0.1) is 18.3 Å². The number of carbonyl (C=O) groups is 2. The van der Waals surface area contributed by atoms with Crippen molar-refractivity contribution in [1.29, 1.82) is 5.26 Å². The highest BCUT2D eigenvalue weighted by Gasteiger charge is 2.30. The molecule has 2 aromatic carbocycles. The third-order valence-corrected chi connectivity index (χ3v) is 5.96. The summed E-state index contributed by atoms with van der Waals surface area (Å²) in [6.07, 6.45) is 0.700. The van der Waals surface area contributed by atoms with Gasteiger partial charge >= 0.3 is 0 Å². The number of rotatable bonds is 7. The van der Waals surface area contributed by atoms with Crippen LogP contribution in [0.4, 0.5) is 5.69 Å². The molecule has 2 aromatic rings. The van der Waals surface area contributed by atoms with Crippen LogP contribution in [-0.4, -0.2) is 60.4 Å². The Labute approximate surface area is 184 Å². The molecule has 6 heteroatoms. The molecule has 1 heterocycles. The monoisotopic (exact) mass is 418 g/mol. The van der Waals surface area contributed by atoms with Crippen LogP contribution in [0.25, 0.3) is 0 Å². The van der Waals surface area contributed by atoms with Crippen molar-refractivity contribution in [2.45, 2.75) is 32.7 Å². The zero-order valence-corrected chi connectivity index (χ0v) is 18.3. The molecule has 31 heavy (non-hydrogen) atoms. The van der Waals surface area contributed by atoms with E-state index in [4.69, 9.17) is 5.26 Å². The van der Waals surface area contributed by atoms with E-state index in [1.54, 1.807) is 4.90 Å². The van der Waals surface area contributed by atoms with Crippen molar-refractivity contribution in [3.8, 4) is 6.07 Å². The molecule has 0 aromatic heterocycles. The zero-order chi connectivity index (χ0) is 22.2. The van der Waals surface area contributed by atoms with E-state index in [1.807, 2.05) is 73.3 Å². The van der Waals surface area contributed by atoms with Gasteiger partial charge in [-0.15, -0.1) is 0 Å². The minimum Gasteiger partial charge on any atom is -0.340 e. The summed E-state index contributed by atoms with van der Waals surface area (Å²) < 4.78 is 0. The highest BCUT2D eigenvalue weighted by Crippen LogP contribution is 2.18. The second-order valence-electron chi connectivity index (χ2n) is 7.93. The number of hydrogen-bond acceptors (Lipinski definition) is 4. The van der Waals surface area contributed by atoms with Gasteiger partial charge in [0.15, 0.2) is 0 Å². The molecule has 1 unspecified atom stereocenters. The number of nitrogens with zero attached hydrogens (tertiary/aromatic N) is 4. The standard InChI is InChI=1S/C25H30N4O2/c1-20-9-6-7-10-22(20)19-24(30)28-17-15-27(16-18-28)21(2)25(31)29(14-8-13-26)23-11-4-3-5-12-23/h3-7,9-12,21H,8,14-19H2,1-2H3. The second kappa shape index (κ2) is 10.7. The summed E-state index contributed by atoms with van der Waals surface area (Å²) in [5.41, 5.74) is 3.00. The summed E-state index contributed by atoms with van der Waals surface area (Å²) in [7, 11) is 0. The second-order valence-corrected chi connectivity index (χ2v) is 7.93. The van der Waals surface area contributed by atoms with Crippen LogP contribution >= 0.6 is 0 Å². The third kappa shape index (κ3) is 5.71. The minimum absolute atomic E-state index is 0.0128. The lowest BCUT2D eigenvalue weighted by molar-refractivity contribution is -0.133. The minimum atomic E-state index is -0.312. The molecule has 1 atom stereocenters. The number of nitriles is 1. The fraction of sp³-hybridized carbons (Fsp3) is 0.400. The van der Waals surface area contributed by atoms with E-state index in [0.717, 1.165) is 16.8 Å². The van der Waals surface area contributed by atoms with Gasteiger partial charge in [-0.3, -0.25) is 14.5 Å². The van der Waals surface area contributed by atoms with Crippen LogP contribution in [0.5, 0.6) is 0 Å². The number of hydrogen-bond donors (Lipinski definition) is 0. The van der Waals surface area contributed by atoms with Gasteiger partial charge in [0.25, 0.3) is 0 Å². The summed E-state index contributed by atoms with van der Waals surface area (Å²) in [6, 6.07) is 19.3. The van der Waals surface area contributed by atoms with E-state index in [1.165, 1.54) is 0 Å². The number of anilines is 1. The van der Waals surface area contributed by atoms with Gasteiger partial charge in [-0.1, -0.05) is 42.5 Å². The van der Waals surface area contributed by atoms with Crippen molar-refractivity contribution in [3.05, 3.63) is 65.7 Å². The number of amides is 2. The van der Waals surface area contributed by atoms with Gasteiger partial charge in [0, 0.05) is 38.4 Å². The molecule has 0 spiro atoms. The van der Waals surface area contributed by atoms with E-state index in [-0.39, 0.29) is 24.3 Å². The van der Waals surface area contributed by atoms with Gasteiger partial charge in [0.1, 0.15) is 0 Å². The SMILES string of the molecule is Cc1ccccc1CC(=O)N1CCN(C(C)C(=O)N(CCC#N)c2ccccc2)CC1. The first-order valence-electron chi connectivity index (χ1n) is 10.8. The normalized spacial score (nSPS) is 15.2. The molecule has 1 aliphatic rings. The Morgan fingerprint density at radius 1 is 1.03 bits per heavy atom. The molecule has 2 amide bonds. The molecule has 1 saturated heterocycles. The lowest BCUT2D eigenvalue weighted by atomic mass is 10.0. The van der Waals surface area contributed by atoms with E-state index >= 15 is 0 Å². The zero-order valence-electron chi connectivity index (χ0n) is 18.3. The number of benzene rings is 2. The van der Waals surface area contributed by atoms with E-state index in [2.05, 4.69) is 11.0 Å². The van der Waals surface area contributed by atoms with Crippen molar-refractivity contribution >= 4 is 17.5 Å². The van der Waals surface area contributed by atoms with Crippen LogP contribution in [0.1, 0.15) is 24.5 Å². The van der Waals surface area contributed by atoms with Gasteiger partial charge in [-0.05, 0) is 37.1 Å². The topological polar surface area (TPSA) is 67.7 Å². The molecular formula is C25H30N4O2. The lowest BCUT2D eigenvalue weighted by Crippen LogP contribution is -2.56. The summed E-state index contributed by atoms with van der Waals surface area (Å²) in [6.45, 7) is 6.87. The van der Waals surface area contributed by atoms with Crippen LogP contribution in [0.3, 0.4) is 0 Å². The van der Waals surface area contributed by atoms with Gasteiger partial charge < -0.3 is 9.80 Å². The smallest absolute Gasteiger partial charge is 0.244 e. The maximum Gasteiger partial charge on any atom is 0.244 e. The molecule has 1 aliphatic heterocycles. The Balaban J connectivity index is 1.59. The predicted octanol–water partition coefficient (Wildman–Crippen LogP) is 3.02. The first kappa shape index (κ1) is 22.5. The largest absolute Gasteiger partial charge is 0.340 e. The van der Waals surface area contributed by atoms with E-state index in [9.17, 15) is 9.59 Å². The summed E-state index contributed by atoms with van der Waals surface area (Å²) in [5.74, 6) is 0.119. The molecular weight excluding hydrogens is 388 g/mol. The first-order valence-corrected chi connectivity index (χ1v) is 10.8. The summed E-state index contributed by atoms with van der Waals surface area (Å²) >= 11 is 0. The van der Waals surface area contributed by atoms with Gasteiger partial charge in [0.2, 0.25) is 11.8 Å². The Morgan fingerprint density at radius 2 is 1.68 bits per heavy atom. The predicted molar refractivity (Wildman–Crippen MR) is 122 cm³/mol. The summed E-state index contributed by atoms with van der Waals surface area (Å²) in [5, 5.41) is 9.00. The molecule has 1 fully saturated rings. The molecule has 0 saturated carbocycles. The number of piperazine rings is 1. The number of aryl methyl sites for hydroxylation is 1. The van der Waals surface area contributed by atoms with Crippen LogP contribution in [0.15, 0.2) is 54.6 Å². The maximum atomic E-state index is 13.2. The first-order chi connectivity index (χ1) is 15.0. The molecule has 6 nitrogen and oxygen atoms in total. The number of para-hydroxylation sites is 1. The molecule has 0 radical (unpaired) electrons. The quantitative estimate of drug-likeness (QED) is 0.693. The van der Waals surface area contributed by atoms with Crippen LogP contribution in [0.2, 0.25) is 0 Å². The molecule has 0 N–H and O–H groups in total. The van der Waals surface area contributed by atoms with E-state index < -0.39 is 0 Å². The molecule has 3 rings (SSSR count). The van der Waals surface area contributed by atoms with Crippen molar-refractivity contribution in [2.24, 2.45) is 0 Å². The van der Waals surface area contributed by atoms with Crippen molar-refractivity contribution in [1.82, 2.24) is 9.80 Å². The van der Waals surface area contributed by atoms with Crippen molar-refractivity contribution in [2.75, 3.05) is 37.6 Å². The van der Waals surface area contributed by atoms with Crippen molar-refractivity contribution in [3.63, 3.8) is 0 Å². The molecule has 0 bridgehead atoms. The van der Waals surface area contributed by atoms with Crippen LogP contribution < -0.4 is 4.90 Å². The average molecular weight is 419 g/mol. The van der Waals surface area contributed by atoms with Gasteiger partial charge in [0.05, 0.1) is 25.0 Å². The highest BCUT2D eigenvalue weighted by molar-refractivity contribution is 5.97. The maximum absolute atomic E-state index is 13.2. The Bertz CT molecular complexity index is 930. The fourth-order valence-corrected chi connectivity index (χ4v) is 3.96. The summed E-state index contributed by atoms with van der Waals surface area (Å²) in [4.78, 5) is 31.7. The fourth-order valence-electron chi connectivity index (χ4n) is 3.96. The Hall–Kier alpha value is -3.17. The van der Waals surface area contributed by atoms with Crippen LogP contribution in [-0.2, 0) is 16.0 Å². The molecule has 162 valence electrons. The van der Waals surface area contributed by atoms with Gasteiger partial charge in [-0.25, -0.2) is 0 Å². The third-order valence-electron chi connectivity index (χ3n) is 5.96. The number of carbonyl (C=O) groups excluding carboxylic acids is 2. The molecule has 0 aliphatic carbocycles. The Kier molecular flexibility index (Phi) is 7.80.